The number of nitrogens with zero attached hydrogens (tertiary/aromatic N) is 1. The van der Waals surface area contributed by atoms with Crippen LogP contribution in [0.2, 0.25) is 10.0 Å². The summed E-state index contributed by atoms with van der Waals surface area (Å²) in [5.41, 5.74) is 1.21. The van der Waals surface area contributed by atoms with Crippen LogP contribution in [-0.2, 0) is 11.3 Å². The summed E-state index contributed by atoms with van der Waals surface area (Å²) in [6, 6.07) is 10.1. The van der Waals surface area contributed by atoms with Crippen LogP contribution in [0.3, 0.4) is 0 Å². The maximum absolute atomic E-state index is 12.5. The molecule has 2 aromatic carbocycles. The van der Waals surface area contributed by atoms with Crippen molar-refractivity contribution in [2.24, 2.45) is 5.16 Å². The third-order valence-electron chi connectivity index (χ3n) is 3.23. The lowest BCUT2D eigenvalue weighted by Crippen LogP contribution is -2.14. The molecule has 0 bridgehead atoms. The zero-order valence-corrected chi connectivity index (χ0v) is 19.1. The minimum atomic E-state index is -4.88. The predicted molar refractivity (Wildman–Crippen MR) is 114 cm³/mol. The molecular formula is C19H17BrCl2F3NOS. The highest BCUT2D eigenvalue weighted by atomic mass is 79.9. The summed E-state index contributed by atoms with van der Waals surface area (Å²) in [5.74, 6) is 0. The summed E-state index contributed by atoms with van der Waals surface area (Å²) in [6.07, 6.45) is -4.81. The van der Waals surface area contributed by atoms with E-state index in [1.165, 1.54) is 0 Å². The van der Waals surface area contributed by atoms with Crippen LogP contribution in [0, 0.1) is 0 Å². The van der Waals surface area contributed by atoms with Crippen molar-refractivity contribution in [3.05, 3.63) is 62.0 Å². The van der Waals surface area contributed by atoms with E-state index < -0.39 is 6.36 Å². The maximum Gasteiger partial charge on any atom is 0.593 e. The minimum Gasteiger partial charge on any atom is -0.294 e. The van der Waals surface area contributed by atoms with E-state index in [0.717, 1.165) is 9.37 Å². The van der Waals surface area contributed by atoms with Gasteiger partial charge in [0, 0.05) is 36.1 Å². The van der Waals surface area contributed by atoms with Crippen LogP contribution >= 0.6 is 50.9 Å². The minimum absolute atomic E-state index is 0.0160. The highest BCUT2D eigenvalue weighted by Crippen LogP contribution is 2.37. The fourth-order valence-electron chi connectivity index (χ4n) is 2.29. The summed E-state index contributed by atoms with van der Waals surface area (Å²) in [5, 5.41) is 4.11. The Hall–Kier alpha value is -0.890. The first-order valence-electron chi connectivity index (χ1n) is 8.08. The SMILES string of the molecule is CC(C)(C)Sc1ccc(/C(Cc2cc(Cl)cc(Cl)c2)=N/OC(F)(F)F)cc1Br. The van der Waals surface area contributed by atoms with Crippen molar-refractivity contribution in [2.75, 3.05) is 0 Å². The van der Waals surface area contributed by atoms with Gasteiger partial charge < -0.3 is 0 Å². The Kier molecular flexibility index (Phi) is 7.76. The van der Waals surface area contributed by atoms with E-state index in [0.29, 0.717) is 21.2 Å². The van der Waals surface area contributed by atoms with Gasteiger partial charge in [-0.25, -0.2) is 0 Å². The molecule has 0 aliphatic carbocycles. The first-order chi connectivity index (χ1) is 12.8. The molecule has 0 amide bonds. The molecule has 0 spiro atoms. The van der Waals surface area contributed by atoms with Crippen molar-refractivity contribution in [1.82, 2.24) is 0 Å². The molecule has 0 aliphatic heterocycles. The molecule has 2 nitrogen and oxygen atoms in total. The molecule has 0 saturated heterocycles. The van der Waals surface area contributed by atoms with Gasteiger partial charge in [-0.3, -0.25) is 4.84 Å². The largest absolute Gasteiger partial charge is 0.593 e. The summed E-state index contributed by atoms with van der Waals surface area (Å²) < 4.78 is 38.4. The Morgan fingerprint density at radius 1 is 1.07 bits per heavy atom. The molecule has 0 atom stereocenters. The molecule has 0 heterocycles. The number of hydrogen-bond donors (Lipinski definition) is 0. The molecule has 9 heteroatoms. The lowest BCUT2D eigenvalue weighted by Gasteiger charge is -2.19. The van der Waals surface area contributed by atoms with Crippen LogP contribution in [0.15, 0.2) is 50.9 Å². The maximum atomic E-state index is 12.5. The Labute approximate surface area is 184 Å². The van der Waals surface area contributed by atoms with Crippen molar-refractivity contribution in [2.45, 2.75) is 43.2 Å². The van der Waals surface area contributed by atoms with E-state index in [2.05, 4.69) is 46.7 Å². The number of alkyl halides is 3. The predicted octanol–water partition coefficient (Wildman–Crippen LogP) is 8.13. The van der Waals surface area contributed by atoms with E-state index in [-0.39, 0.29) is 16.9 Å². The molecule has 0 unspecified atom stereocenters. The number of rotatable bonds is 5. The highest BCUT2D eigenvalue weighted by molar-refractivity contribution is 9.10. The lowest BCUT2D eigenvalue weighted by molar-refractivity contribution is -0.325. The molecular weight excluding hydrogens is 498 g/mol. The standard InChI is InChI=1S/C19H17BrCl2F3NOS/c1-18(2,3)28-17-5-4-12(9-15(17)20)16(26-27-19(23,24)25)8-11-6-13(21)10-14(22)7-11/h4-7,9-10H,8H2,1-3H3/b26-16+. The zero-order valence-electron chi connectivity index (χ0n) is 15.2. The van der Waals surface area contributed by atoms with E-state index in [9.17, 15) is 13.2 Å². The molecule has 2 aromatic rings. The van der Waals surface area contributed by atoms with E-state index in [4.69, 9.17) is 23.2 Å². The summed E-state index contributed by atoms with van der Waals surface area (Å²) >= 11 is 17.1. The van der Waals surface area contributed by atoms with Gasteiger partial charge in [0.2, 0.25) is 0 Å². The molecule has 152 valence electrons. The number of thioether (sulfide) groups is 1. The van der Waals surface area contributed by atoms with Gasteiger partial charge in [-0.1, -0.05) is 55.2 Å². The lowest BCUT2D eigenvalue weighted by atomic mass is 10.0. The third-order valence-corrected chi connectivity index (χ3v) is 5.78. The summed E-state index contributed by atoms with van der Waals surface area (Å²) in [4.78, 5) is 4.70. The van der Waals surface area contributed by atoms with Gasteiger partial charge in [0.1, 0.15) is 0 Å². The number of halogens is 6. The second-order valence-electron chi connectivity index (χ2n) is 6.89. The average Bonchev–Trinajstić information content (AvgIpc) is 2.50. The fourth-order valence-corrected chi connectivity index (χ4v) is 4.44. The molecule has 0 N–H and O–H groups in total. The van der Waals surface area contributed by atoms with Crippen LogP contribution in [0.5, 0.6) is 0 Å². The van der Waals surface area contributed by atoms with Gasteiger partial charge in [-0.05, 0) is 51.8 Å². The first-order valence-corrected chi connectivity index (χ1v) is 10.4. The molecule has 0 radical (unpaired) electrons. The Morgan fingerprint density at radius 3 is 2.18 bits per heavy atom. The van der Waals surface area contributed by atoms with Gasteiger partial charge in [0.15, 0.2) is 0 Å². The molecule has 0 aromatic heterocycles. The van der Waals surface area contributed by atoms with Gasteiger partial charge in [0.05, 0.1) is 5.71 Å². The van der Waals surface area contributed by atoms with Gasteiger partial charge >= 0.3 is 6.36 Å². The third kappa shape index (κ3) is 7.85. The number of benzene rings is 2. The van der Waals surface area contributed by atoms with Crippen molar-refractivity contribution < 1.29 is 18.0 Å². The van der Waals surface area contributed by atoms with E-state index >= 15 is 0 Å². The average molecular weight is 515 g/mol. The van der Waals surface area contributed by atoms with Crippen molar-refractivity contribution in [3.8, 4) is 0 Å². The molecule has 0 saturated carbocycles. The van der Waals surface area contributed by atoms with Crippen LogP contribution < -0.4 is 0 Å². The fraction of sp³-hybridized carbons (Fsp3) is 0.316. The van der Waals surface area contributed by atoms with Gasteiger partial charge in [-0.2, -0.15) is 0 Å². The second kappa shape index (κ2) is 9.28. The second-order valence-corrected chi connectivity index (χ2v) is 10.5. The molecule has 0 aliphatic rings. The molecule has 0 fully saturated rings. The number of oxime groups is 1. The normalized spacial score (nSPS) is 13.0. The Bertz CT molecular complexity index is 862. The topological polar surface area (TPSA) is 21.6 Å². The van der Waals surface area contributed by atoms with Crippen LogP contribution in [0.25, 0.3) is 0 Å². The van der Waals surface area contributed by atoms with Crippen LogP contribution in [0.1, 0.15) is 31.9 Å². The number of hydrogen-bond acceptors (Lipinski definition) is 3. The summed E-state index contributed by atoms with van der Waals surface area (Å²) in [7, 11) is 0. The van der Waals surface area contributed by atoms with E-state index in [1.807, 2.05) is 6.07 Å². The smallest absolute Gasteiger partial charge is 0.294 e. The van der Waals surface area contributed by atoms with Crippen molar-refractivity contribution in [1.29, 1.82) is 0 Å². The van der Waals surface area contributed by atoms with Crippen molar-refractivity contribution in [3.63, 3.8) is 0 Å². The highest BCUT2D eigenvalue weighted by Gasteiger charge is 2.31. The Morgan fingerprint density at radius 2 is 1.68 bits per heavy atom. The van der Waals surface area contributed by atoms with Crippen LogP contribution in [-0.4, -0.2) is 16.8 Å². The van der Waals surface area contributed by atoms with Crippen LogP contribution in [0.4, 0.5) is 13.2 Å². The van der Waals surface area contributed by atoms with Crippen molar-refractivity contribution >= 4 is 56.6 Å². The quantitative estimate of drug-likeness (QED) is 0.228. The monoisotopic (exact) mass is 513 g/mol. The van der Waals surface area contributed by atoms with E-state index in [1.54, 1.807) is 42.1 Å². The molecule has 2 rings (SSSR count). The van der Waals surface area contributed by atoms with Gasteiger partial charge in [-0.15, -0.1) is 24.9 Å². The zero-order chi connectivity index (χ0) is 21.1. The summed E-state index contributed by atoms with van der Waals surface area (Å²) in [6.45, 7) is 6.22. The first kappa shape index (κ1) is 23.4. The Balaban J connectivity index is 2.40. The van der Waals surface area contributed by atoms with Gasteiger partial charge in [0.25, 0.3) is 0 Å². The molecule has 28 heavy (non-hydrogen) atoms.